The molecule has 1 unspecified atom stereocenters. The van der Waals surface area contributed by atoms with Crippen LogP contribution in [0.1, 0.15) is 28.3 Å². The second kappa shape index (κ2) is 6.02. The lowest BCUT2D eigenvalue weighted by Crippen LogP contribution is -2.20. The third-order valence-electron chi connectivity index (χ3n) is 3.46. The van der Waals surface area contributed by atoms with E-state index in [9.17, 15) is 8.78 Å². The zero-order valence-corrected chi connectivity index (χ0v) is 13.2. The summed E-state index contributed by atoms with van der Waals surface area (Å²) in [7, 11) is 1.74. The molecule has 0 saturated carbocycles. The molecule has 0 radical (unpaired) electrons. The molecule has 0 aliphatic heterocycles. The fourth-order valence-electron chi connectivity index (χ4n) is 2.28. The van der Waals surface area contributed by atoms with E-state index in [0.29, 0.717) is 11.1 Å². The molecule has 2 aromatic carbocycles. The molecular formula is C16H16BrF2N. The molecule has 0 aromatic heterocycles. The van der Waals surface area contributed by atoms with Crippen molar-refractivity contribution in [3.63, 3.8) is 0 Å². The minimum Gasteiger partial charge on any atom is -0.309 e. The number of aryl methyl sites for hydroxylation is 2. The summed E-state index contributed by atoms with van der Waals surface area (Å²) < 4.78 is 28.9. The van der Waals surface area contributed by atoms with Gasteiger partial charge in [0.05, 0.1) is 6.04 Å². The lowest BCUT2D eigenvalue weighted by molar-refractivity contribution is 0.482. The first-order valence-corrected chi connectivity index (χ1v) is 7.12. The van der Waals surface area contributed by atoms with Gasteiger partial charge in [0.1, 0.15) is 0 Å². The molecule has 0 bridgehead atoms. The smallest absolute Gasteiger partial charge is 0.164 e. The fraction of sp³-hybridized carbons (Fsp3) is 0.250. The van der Waals surface area contributed by atoms with Crippen molar-refractivity contribution in [2.45, 2.75) is 19.9 Å². The van der Waals surface area contributed by atoms with Crippen molar-refractivity contribution < 1.29 is 8.78 Å². The fourth-order valence-corrected chi connectivity index (χ4v) is 2.66. The largest absolute Gasteiger partial charge is 0.309 e. The van der Waals surface area contributed by atoms with Crippen molar-refractivity contribution in [2.75, 3.05) is 7.05 Å². The average molecular weight is 340 g/mol. The Morgan fingerprint density at radius 2 is 1.60 bits per heavy atom. The predicted molar refractivity (Wildman–Crippen MR) is 80.9 cm³/mol. The molecule has 2 aromatic rings. The second-order valence-corrected chi connectivity index (χ2v) is 5.74. The summed E-state index contributed by atoms with van der Waals surface area (Å²) in [6.45, 7) is 3.51. The molecule has 2 rings (SSSR count). The third kappa shape index (κ3) is 2.76. The molecule has 0 spiro atoms. The van der Waals surface area contributed by atoms with Gasteiger partial charge < -0.3 is 5.32 Å². The standard InChI is InChI=1S/C16H16BrF2N/c1-9-4-6-11(17)8-13(9)16(20-3)12-7-5-10(2)14(18)15(12)19/h4-8,16,20H,1-3H3. The number of halogens is 3. The van der Waals surface area contributed by atoms with E-state index in [1.54, 1.807) is 26.1 Å². The van der Waals surface area contributed by atoms with Gasteiger partial charge in [-0.2, -0.15) is 0 Å². The zero-order chi connectivity index (χ0) is 14.9. The first-order valence-electron chi connectivity index (χ1n) is 6.33. The molecule has 1 nitrogen and oxygen atoms in total. The van der Waals surface area contributed by atoms with Crippen LogP contribution in [-0.2, 0) is 0 Å². The van der Waals surface area contributed by atoms with Gasteiger partial charge in [0.25, 0.3) is 0 Å². The van der Waals surface area contributed by atoms with Crippen LogP contribution in [0.2, 0.25) is 0 Å². The van der Waals surface area contributed by atoms with E-state index >= 15 is 0 Å². The maximum Gasteiger partial charge on any atom is 0.164 e. The highest BCUT2D eigenvalue weighted by Crippen LogP contribution is 2.30. The Labute approximate surface area is 126 Å². The average Bonchev–Trinajstić information content (AvgIpc) is 2.43. The van der Waals surface area contributed by atoms with Crippen LogP contribution in [0.3, 0.4) is 0 Å². The topological polar surface area (TPSA) is 12.0 Å². The maximum atomic E-state index is 14.2. The van der Waals surface area contributed by atoms with Crippen LogP contribution in [0.4, 0.5) is 8.78 Å². The lowest BCUT2D eigenvalue weighted by Gasteiger charge is -2.21. The van der Waals surface area contributed by atoms with Crippen LogP contribution < -0.4 is 5.32 Å². The van der Waals surface area contributed by atoms with Crippen molar-refractivity contribution in [3.8, 4) is 0 Å². The number of hydrogen-bond donors (Lipinski definition) is 1. The van der Waals surface area contributed by atoms with Crippen LogP contribution in [-0.4, -0.2) is 7.05 Å². The molecule has 0 heterocycles. The van der Waals surface area contributed by atoms with Gasteiger partial charge in [-0.3, -0.25) is 0 Å². The monoisotopic (exact) mass is 339 g/mol. The van der Waals surface area contributed by atoms with E-state index in [4.69, 9.17) is 0 Å². The van der Waals surface area contributed by atoms with Crippen LogP contribution >= 0.6 is 15.9 Å². The maximum absolute atomic E-state index is 14.2. The van der Waals surface area contributed by atoms with E-state index < -0.39 is 11.6 Å². The Morgan fingerprint density at radius 3 is 2.25 bits per heavy atom. The summed E-state index contributed by atoms with van der Waals surface area (Å²) in [5, 5.41) is 3.06. The molecule has 0 aliphatic rings. The summed E-state index contributed by atoms with van der Waals surface area (Å²) in [5.74, 6) is -1.57. The van der Waals surface area contributed by atoms with Gasteiger partial charge in [0.2, 0.25) is 0 Å². The highest BCUT2D eigenvalue weighted by Gasteiger charge is 2.21. The Balaban J connectivity index is 2.58. The number of nitrogens with one attached hydrogen (secondary N) is 1. The number of rotatable bonds is 3. The van der Waals surface area contributed by atoms with E-state index in [-0.39, 0.29) is 6.04 Å². The van der Waals surface area contributed by atoms with E-state index in [0.717, 1.165) is 15.6 Å². The summed E-state index contributed by atoms with van der Waals surface area (Å²) >= 11 is 3.42. The van der Waals surface area contributed by atoms with Crippen LogP contribution in [0.5, 0.6) is 0 Å². The molecule has 4 heteroatoms. The van der Waals surface area contributed by atoms with Gasteiger partial charge in [-0.15, -0.1) is 0 Å². The van der Waals surface area contributed by atoms with Crippen LogP contribution in [0, 0.1) is 25.5 Å². The summed E-state index contributed by atoms with van der Waals surface area (Å²) in [6, 6.07) is 8.65. The van der Waals surface area contributed by atoms with Crippen molar-refractivity contribution in [2.24, 2.45) is 0 Å². The lowest BCUT2D eigenvalue weighted by atomic mass is 9.94. The predicted octanol–water partition coefficient (Wildman–Crippen LogP) is 4.65. The molecule has 106 valence electrons. The Morgan fingerprint density at radius 1 is 0.950 bits per heavy atom. The highest BCUT2D eigenvalue weighted by atomic mass is 79.9. The Kier molecular flexibility index (Phi) is 4.55. The molecule has 0 saturated heterocycles. The minimum absolute atomic E-state index is 0.312. The first-order chi connectivity index (χ1) is 9.45. The Bertz CT molecular complexity index is 641. The second-order valence-electron chi connectivity index (χ2n) is 4.82. The van der Waals surface area contributed by atoms with Gasteiger partial charge in [-0.25, -0.2) is 8.78 Å². The first kappa shape index (κ1) is 15.1. The van der Waals surface area contributed by atoms with Gasteiger partial charge in [0.15, 0.2) is 11.6 Å². The molecule has 20 heavy (non-hydrogen) atoms. The van der Waals surface area contributed by atoms with E-state index in [1.165, 1.54) is 0 Å². The normalized spacial score (nSPS) is 12.5. The molecule has 1 atom stereocenters. The minimum atomic E-state index is -0.788. The molecule has 1 N–H and O–H groups in total. The van der Waals surface area contributed by atoms with Gasteiger partial charge >= 0.3 is 0 Å². The van der Waals surface area contributed by atoms with Crippen molar-refractivity contribution in [3.05, 3.63) is 68.7 Å². The SMILES string of the molecule is CNC(c1cc(Br)ccc1C)c1ccc(C)c(F)c1F. The van der Waals surface area contributed by atoms with Crippen molar-refractivity contribution in [1.82, 2.24) is 5.32 Å². The zero-order valence-electron chi connectivity index (χ0n) is 11.6. The quantitative estimate of drug-likeness (QED) is 0.857. The molecule has 0 amide bonds. The van der Waals surface area contributed by atoms with Crippen LogP contribution in [0.25, 0.3) is 0 Å². The van der Waals surface area contributed by atoms with E-state index in [1.807, 2.05) is 25.1 Å². The van der Waals surface area contributed by atoms with Crippen LogP contribution in [0.15, 0.2) is 34.8 Å². The van der Waals surface area contributed by atoms with E-state index in [2.05, 4.69) is 21.2 Å². The van der Waals surface area contributed by atoms with Gasteiger partial charge in [-0.1, -0.05) is 34.1 Å². The number of hydrogen-bond acceptors (Lipinski definition) is 1. The van der Waals surface area contributed by atoms with Crippen molar-refractivity contribution in [1.29, 1.82) is 0 Å². The molecular weight excluding hydrogens is 324 g/mol. The van der Waals surface area contributed by atoms with Crippen molar-refractivity contribution >= 4 is 15.9 Å². The number of benzene rings is 2. The van der Waals surface area contributed by atoms with Gasteiger partial charge in [-0.05, 0) is 49.7 Å². The highest BCUT2D eigenvalue weighted by molar-refractivity contribution is 9.10. The third-order valence-corrected chi connectivity index (χ3v) is 3.95. The van der Waals surface area contributed by atoms with Gasteiger partial charge in [0, 0.05) is 10.0 Å². The molecule has 0 aliphatic carbocycles. The Hall–Kier alpha value is -1.26. The summed E-state index contributed by atoms with van der Waals surface area (Å²) in [4.78, 5) is 0. The summed E-state index contributed by atoms with van der Waals surface area (Å²) in [6.07, 6.45) is 0. The summed E-state index contributed by atoms with van der Waals surface area (Å²) in [5.41, 5.74) is 2.57. The molecule has 0 fully saturated rings.